The van der Waals surface area contributed by atoms with E-state index in [2.05, 4.69) is 48.4 Å². The van der Waals surface area contributed by atoms with Crippen molar-refractivity contribution in [3.8, 4) is 0 Å². The quantitative estimate of drug-likeness (QED) is 0.750. The first-order valence-corrected chi connectivity index (χ1v) is 5.49. The molecule has 0 N–H and O–H groups in total. The Kier molecular flexibility index (Phi) is 2.47. The molecule has 0 aliphatic carbocycles. The fourth-order valence-electron chi connectivity index (χ4n) is 1.94. The van der Waals surface area contributed by atoms with Crippen LogP contribution >= 0.6 is 0 Å². The molecule has 2 aromatic rings. The topological polar surface area (TPSA) is 30.7 Å². The third-order valence-corrected chi connectivity index (χ3v) is 2.90. The molecule has 0 saturated carbocycles. The molecule has 2 rings (SSSR count). The van der Waals surface area contributed by atoms with Crippen LogP contribution in [0.5, 0.6) is 0 Å². The van der Waals surface area contributed by atoms with E-state index in [9.17, 15) is 0 Å². The summed E-state index contributed by atoms with van der Waals surface area (Å²) in [5.74, 6) is 0.934. The second kappa shape index (κ2) is 3.65. The molecule has 0 radical (unpaired) electrons. The van der Waals surface area contributed by atoms with E-state index in [1.54, 1.807) is 0 Å². The number of aromatic nitrogens is 3. The van der Waals surface area contributed by atoms with Crippen LogP contribution in [0.3, 0.4) is 0 Å². The minimum Gasteiger partial charge on any atom is -0.333 e. The number of aryl methyl sites for hydroxylation is 4. The molecule has 3 heteroatoms. The number of hydrogen-bond acceptors (Lipinski definition) is 2. The van der Waals surface area contributed by atoms with Crippen LogP contribution in [0, 0.1) is 6.92 Å². The molecule has 2 heterocycles. The van der Waals surface area contributed by atoms with Gasteiger partial charge >= 0.3 is 0 Å². The molecule has 0 bridgehead atoms. The Morgan fingerprint density at radius 2 is 1.93 bits per heavy atom. The van der Waals surface area contributed by atoms with Crippen molar-refractivity contribution in [1.29, 1.82) is 0 Å². The van der Waals surface area contributed by atoms with E-state index in [-0.39, 0.29) is 0 Å². The van der Waals surface area contributed by atoms with Crippen LogP contribution in [0.15, 0.2) is 6.07 Å². The summed E-state index contributed by atoms with van der Waals surface area (Å²) in [7, 11) is 2.08. The number of nitrogens with zero attached hydrogens (tertiary/aromatic N) is 3. The highest BCUT2D eigenvalue weighted by molar-refractivity contribution is 5.79. The Balaban J connectivity index is 2.77. The molecule has 0 amide bonds. The van der Waals surface area contributed by atoms with E-state index in [0.29, 0.717) is 0 Å². The minimum absolute atomic E-state index is 0.892. The molecule has 15 heavy (non-hydrogen) atoms. The third-order valence-electron chi connectivity index (χ3n) is 2.90. The van der Waals surface area contributed by atoms with Gasteiger partial charge in [0.15, 0.2) is 0 Å². The SMILES string of the molecule is CCc1nc(C)c2cc(CC)n(C)c2n1. The lowest BCUT2D eigenvalue weighted by molar-refractivity contribution is 0.840. The zero-order valence-electron chi connectivity index (χ0n) is 9.83. The second-order valence-electron chi connectivity index (χ2n) is 3.86. The van der Waals surface area contributed by atoms with Crippen molar-refractivity contribution in [3.63, 3.8) is 0 Å². The van der Waals surface area contributed by atoms with Crippen LogP contribution in [0.25, 0.3) is 11.0 Å². The molecule has 3 nitrogen and oxygen atoms in total. The van der Waals surface area contributed by atoms with Crippen molar-refractivity contribution in [2.24, 2.45) is 7.05 Å². The van der Waals surface area contributed by atoms with Crippen LogP contribution in [0.2, 0.25) is 0 Å². The summed E-state index contributed by atoms with van der Waals surface area (Å²) in [6.45, 7) is 6.31. The van der Waals surface area contributed by atoms with E-state index >= 15 is 0 Å². The molecule has 0 atom stereocenters. The lowest BCUT2D eigenvalue weighted by Crippen LogP contribution is -2.00. The summed E-state index contributed by atoms with van der Waals surface area (Å²) in [5.41, 5.74) is 3.47. The molecule has 0 aliphatic rings. The maximum Gasteiger partial charge on any atom is 0.143 e. The Morgan fingerprint density at radius 3 is 2.53 bits per heavy atom. The van der Waals surface area contributed by atoms with E-state index in [1.807, 2.05) is 0 Å². The van der Waals surface area contributed by atoms with Crippen molar-refractivity contribution < 1.29 is 0 Å². The van der Waals surface area contributed by atoms with E-state index in [4.69, 9.17) is 0 Å². The standard InChI is InChI=1S/C12H17N3/c1-5-9-7-10-8(3)13-11(6-2)14-12(10)15(9)4/h7H,5-6H2,1-4H3. The zero-order chi connectivity index (χ0) is 11.0. The van der Waals surface area contributed by atoms with Crippen LogP contribution in [0.1, 0.15) is 31.1 Å². The lowest BCUT2D eigenvalue weighted by Gasteiger charge is -2.02. The summed E-state index contributed by atoms with van der Waals surface area (Å²) < 4.78 is 2.17. The monoisotopic (exact) mass is 203 g/mol. The van der Waals surface area contributed by atoms with Gasteiger partial charge in [-0.15, -0.1) is 0 Å². The van der Waals surface area contributed by atoms with Crippen LogP contribution in [-0.2, 0) is 19.9 Å². The Hall–Kier alpha value is -1.38. The summed E-state index contributed by atoms with van der Waals surface area (Å²) in [4.78, 5) is 9.06. The molecule has 0 saturated heterocycles. The summed E-state index contributed by atoms with van der Waals surface area (Å²) in [5, 5.41) is 1.19. The first-order valence-electron chi connectivity index (χ1n) is 5.49. The van der Waals surface area contributed by atoms with Crippen molar-refractivity contribution in [1.82, 2.24) is 14.5 Å². The first kappa shape index (κ1) is 10.1. The van der Waals surface area contributed by atoms with Gasteiger partial charge in [-0.1, -0.05) is 13.8 Å². The highest BCUT2D eigenvalue weighted by Gasteiger charge is 2.09. The predicted octanol–water partition coefficient (Wildman–Crippen LogP) is 2.40. The lowest BCUT2D eigenvalue weighted by atomic mass is 10.2. The summed E-state index contributed by atoms with van der Waals surface area (Å²) in [6.07, 6.45) is 1.93. The fraction of sp³-hybridized carbons (Fsp3) is 0.500. The van der Waals surface area contributed by atoms with Gasteiger partial charge in [-0.3, -0.25) is 0 Å². The third kappa shape index (κ3) is 1.52. The molecule has 0 unspecified atom stereocenters. The van der Waals surface area contributed by atoms with Crippen LogP contribution in [0.4, 0.5) is 0 Å². The predicted molar refractivity (Wildman–Crippen MR) is 62.0 cm³/mol. The smallest absolute Gasteiger partial charge is 0.143 e. The van der Waals surface area contributed by atoms with Crippen molar-refractivity contribution in [2.75, 3.05) is 0 Å². The maximum atomic E-state index is 4.57. The summed E-state index contributed by atoms with van der Waals surface area (Å²) in [6, 6.07) is 2.20. The fourth-order valence-corrected chi connectivity index (χ4v) is 1.94. The highest BCUT2D eigenvalue weighted by Crippen LogP contribution is 2.20. The largest absolute Gasteiger partial charge is 0.333 e. The van der Waals surface area contributed by atoms with Crippen LogP contribution < -0.4 is 0 Å². The van der Waals surface area contributed by atoms with Gasteiger partial charge in [0.25, 0.3) is 0 Å². The second-order valence-corrected chi connectivity index (χ2v) is 3.86. The molecule has 0 fully saturated rings. The van der Waals surface area contributed by atoms with E-state index in [1.165, 1.54) is 11.1 Å². The molecule has 0 aliphatic heterocycles. The molecular formula is C12H17N3. The van der Waals surface area contributed by atoms with Gasteiger partial charge in [-0.2, -0.15) is 0 Å². The van der Waals surface area contributed by atoms with Crippen molar-refractivity contribution in [3.05, 3.63) is 23.3 Å². The van der Waals surface area contributed by atoms with E-state index < -0.39 is 0 Å². The van der Waals surface area contributed by atoms with Gasteiger partial charge < -0.3 is 4.57 Å². The minimum atomic E-state index is 0.892. The number of hydrogen-bond donors (Lipinski definition) is 0. The Bertz CT molecular complexity index is 497. The van der Waals surface area contributed by atoms with Gasteiger partial charge in [0.2, 0.25) is 0 Å². The van der Waals surface area contributed by atoms with Gasteiger partial charge in [0.1, 0.15) is 11.5 Å². The molecule has 0 spiro atoms. The molecule has 80 valence electrons. The van der Waals surface area contributed by atoms with Gasteiger partial charge in [0.05, 0.1) is 5.69 Å². The maximum absolute atomic E-state index is 4.57. The van der Waals surface area contributed by atoms with Gasteiger partial charge in [-0.05, 0) is 19.4 Å². The molecule has 2 aromatic heterocycles. The normalized spacial score (nSPS) is 11.2. The van der Waals surface area contributed by atoms with Crippen molar-refractivity contribution >= 4 is 11.0 Å². The average molecular weight is 203 g/mol. The highest BCUT2D eigenvalue weighted by atomic mass is 15.0. The summed E-state index contributed by atoms with van der Waals surface area (Å²) >= 11 is 0. The van der Waals surface area contributed by atoms with Crippen LogP contribution in [-0.4, -0.2) is 14.5 Å². The number of fused-ring (bicyclic) bond motifs is 1. The molecule has 0 aromatic carbocycles. The Morgan fingerprint density at radius 1 is 1.20 bits per heavy atom. The van der Waals surface area contributed by atoms with E-state index in [0.717, 1.165) is 30.0 Å². The number of rotatable bonds is 2. The first-order chi connectivity index (χ1) is 7.17. The molecular weight excluding hydrogens is 186 g/mol. The van der Waals surface area contributed by atoms with Gasteiger partial charge in [0, 0.05) is 24.5 Å². The zero-order valence-corrected chi connectivity index (χ0v) is 9.83. The Labute approximate surface area is 90.2 Å². The van der Waals surface area contributed by atoms with Crippen molar-refractivity contribution in [2.45, 2.75) is 33.6 Å². The average Bonchev–Trinajstić information content (AvgIpc) is 2.56. The van der Waals surface area contributed by atoms with Gasteiger partial charge in [-0.25, -0.2) is 9.97 Å².